The van der Waals surface area contributed by atoms with Crippen LogP contribution in [-0.4, -0.2) is 31.3 Å². The van der Waals surface area contributed by atoms with Gasteiger partial charge in [-0.15, -0.1) is 0 Å². The summed E-state index contributed by atoms with van der Waals surface area (Å²) in [4.78, 5) is 2.16. The fourth-order valence-electron chi connectivity index (χ4n) is 2.36. The van der Waals surface area contributed by atoms with Crippen LogP contribution < -0.4 is 0 Å². The van der Waals surface area contributed by atoms with E-state index in [1.54, 1.807) is 0 Å². The number of benzene rings is 1. The SMILES string of the molecule is CC(C)=C1C=CC(=[O+]c2ccc(C)c(C)c2)C(CN(C)C)=C1. The summed E-state index contributed by atoms with van der Waals surface area (Å²) in [6.07, 6.45) is 6.44. The first-order chi connectivity index (χ1) is 10.4. The van der Waals surface area contributed by atoms with Crippen molar-refractivity contribution in [2.45, 2.75) is 27.7 Å². The highest BCUT2D eigenvalue weighted by Gasteiger charge is 2.22. The molecular formula is C20H26NO+. The summed E-state index contributed by atoms with van der Waals surface area (Å²) < 4.78 is 6.15. The molecule has 0 amide bonds. The Labute approximate surface area is 134 Å². The highest BCUT2D eigenvalue weighted by Crippen LogP contribution is 2.21. The molecule has 0 spiro atoms. The number of carbonyl (C=O) groups excluding carboxylic acids is 1. The van der Waals surface area contributed by atoms with Gasteiger partial charge in [0.15, 0.2) is 0 Å². The Bertz CT molecular complexity index is 684. The van der Waals surface area contributed by atoms with Gasteiger partial charge in [-0.1, -0.05) is 5.57 Å². The van der Waals surface area contributed by atoms with Gasteiger partial charge in [0.25, 0.3) is 0 Å². The molecule has 1 aliphatic rings. The normalized spacial score (nSPS) is 16.4. The molecule has 0 N–H and O–H groups in total. The first-order valence-corrected chi connectivity index (χ1v) is 7.70. The van der Waals surface area contributed by atoms with Gasteiger partial charge in [0.2, 0.25) is 0 Å². The van der Waals surface area contributed by atoms with Crippen LogP contribution >= 0.6 is 0 Å². The predicted octanol–water partition coefficient (Wildman–Crippen LogP) is 4.52. The summed E-state index contributed by atoms with van der Waals surface area (Å²) in [5.74, 6) is 1.83. The van der Waals surface area contributed by atoms with Crippen LogP contribution in [0.15, 0.2) is 53.1 Å². The van der Waals surface area contributed by atoms with E-state index in [1.807, 2.05) is 6.07 Å². The molecule has 0 heterocycles. The zero-order chi connectivity index (χ0) is 16.3. The summed E-state index contributed by atoms with van der Waals surface area (Å²) in [5.41, 5.74) is 6.33. The number of rotatable bonds is 3. The second kappa shape index (κ2) is 6.89. The van der Waals surface area contributed by atoms with Crippen LogP contribution in [0.1, 0.15) is 25.0 Å². The van der Waals surface area contributed by atoms with E-state index in [0.29, 0.717) is 0 Å². The van der Waals surface area contributed by atoms with E-state index >= 15 is 0 Å². The third kappa shape index (κ3) is 4.05. The Balaban J connectivity index is 2.41. The molecule has 0 fully saturated rings. The Morgan fingerprint density at radius 3 is 2.36 bits per heavy atom. The lowest BCUT2D eigenvalue weighted by Gasteiger charge is -2.12. The summed E-state index contributed by atoms with van der Waals surface area (Å²) in [5, 5.41) is 0. The fraction of sp³-hybridized carbons (Fsp3) is 0.350. The molecule has 22 heavy (non-hydrogen) atoms. The number of allylic oxidation sites excluding steroid dienone is 5. The van der Waals surface area contributed by atoms with Crippen LogP contribution in [0.4, 0.5) is 0 Å². The number of hydrogen-bond acceptors (Lipinski definition) is 1. The minimum atomic E-state index is 0.862. The maximum atomic E-state index is 6.15. The number of likely N-dealkylation sites (N-methyl/N-ethyl adjacent to an activating group) is 1. The van der Waals surface area contributed by atoms with Gasteiger partial charge in [-0.3, -0.25) is 0 Å². The summed E-state index contributed by atoms with van der Waals surface area (Å²) in [6.45, 7) is 9.37. The van der Waals surface area contributed by atoms with Crippen molar-refractivity contribution in [1.29, 1.82) is 0 Å². The van der Waals surface area contributed by atoms with Crippen molar-refractivity contribution in [2.75, 3.05) is 20.6 Å². The van der Waals surface area contributed by atoms with Gasteiger partial charge >= 0.3 is 11.5 Å². The summed E-state index contributed by atoms with van der Waals surface area (Å²) >= 11 is 0. The molecule has 0 bridgehead atoms. The van der Waals surface area contributed by atoms with Crippen LogP contribution in [0.25, 0.3) is 0 Å². The summed E-state index contributed by atoms with van der Waals surface area (Å²) in [6, 6.07) is 6.24. The molecule has 1 aromatic rings. The molecule has 0 saturated carbocycles. The van der Waals surface area contributed by atoms with E-state index in [0.717, 1.165) is 18.1 Å². The smallest absolute Gasteiger partial charge is 0.305 e. The number of nitrogens with zero attached hydrogens (tertiary/aromatic N) is 1. The van der Waals surface area contributed by atoms with Crippen molar-refractivity contribution in [3.8, 4) is 5.75 Å². The van der Waals surface area contributed by atoms with Gasteiger partial charge in [-0.05, 0) is 76.7 Å². The Morgan fingerprint density at radius 2 is 1.77 bits per heavy atom. The lowest BCUT2D eigenvalue weighted by molar-refractivity contribution is -0.364. The van der Waals surface area contributed by atoms with Gasteiger partial charge in [0.1, 0.15) is 0 Å². The predicted molar refractivity (Wildman–Crippen MR) is 94.5 cm³/mol. The fourth-order valence-corrected chi connectivity index (χ4v) is 2.36. The van der Waals surface area contributed by atoms with Gasteiger partial charge in [0.05, 0.1) is 5.57 Å². The molecular weight excluding hydrogens is 270 g/mol. The Hall–Kier alpha value is -1.93. The minimum Gasteiger partial charge on any atom is -0.305 e. The molecule has 116 valence electrons. The van der Waals surface area contributed by atoms with Gasteiger partial charge in [-0.25, -0.2) is 4.42 Å². The van der Waals surface area contributed by atoms with Crippen LogP contribution in [0.2, 0.25) is 0 Å². The Kier molecular flexibility index (Phi) is 5.15. The molecule has 2 nitrogen and oxygen atoms in total. The first-order valence-electron chi connectivity index (χ1n) is 7.70. The van der Waals surface area contributed by atoms with Crippen molar-refractivity contribution in [1.82, 2.24) is 4.90 Å². The van der Waals surface area contributed by atoms with E-state index in [2.05, 4.69) is 77.1 Å². The maximum absolute atomic E-state index is 6.15. The maximum Gasteiger partial charge on any atom is 0.358 e. The number of aryl methyl sites for hydroxylation is 2. The lowest BCUT2D eigenvalue weighted by atomic mass is 9.97. The number of ketones is 1. The van der Waals surface area contributed by atoms with Crippen molar-refractivity contribution < 1.29 is 4.42 Å². The van der Waals surface area contributed by atoms with Gasteiger partial charge in [-0.2, -0.15) is 0 Å². The molecule has 0 atom stereocenters. The Morgan fingerprint density at radius 1 is 1.05 bits per heavy atom. The highest BCUT2D eigenvalue weighted by atomic mass is 16.4. The highest BCUT2D eigenvalue weighted by molar-refractivity contribution is 6.07. The first kappa shape index (κ1) is 16.4. The van der Waals surface area contributed by atoms with Gasteiger partial charge in [0, 0.05) is 24.8 Å². The van der Waals surface area contributed by atoms with Crippen LogP contribution in [-0.2, 0) is 4.42 Å². The number of hydrogen-bond donors (Lipinski definition) is 0. The van der Waals surface area contributed by atoms with Crippen LogP contribution in [0, 0.1) is 13.8 Å². The zero-order valence-electron chi connectivity index (χ0n) is 14.5. The molecule has 2 rings (SSSR count). The zero-order valence-corrected chi connectivity index (χ0v) is 14.5. The van der Waals surface area contributed by atoms with Crippen molar-refractivity contribution >= 4 is 5.78 Å². The molecule has 0 aromatic heterocycles. The standard InChI is InChI=1S/C20H26NO/c1-14(2)17-8-10-20(18(12-17)13-21(5)6)22-19-9-7-15(3)16(4)11-19/h7-12H,13H2,1-6H3/q+1. The lowest BCUT2D eigenvalue weighted by Crippen LogP contribution is -2.21. The molecule has 0 unspecified atom stereocenters. The third-order valence-corrected chi connectivity index (χ3v) is 3.83. The molecule has 2 heteroatoms. The molecule has 1 aliphatic carbocycles. The second-order valence-electron chi connectivity index (χ2n) is 6.41. The van der Waals surface area contributed by atoms with E-state index in [1.165, 1.54) is 27.8 Å². The molecule has 0 radical (unpaired) electrons. The molecule has 0 aliphatic heterocycles. The van der Waals surface area contributed by atoms with Crippen molar-refractivity contribution in [2.24, 2.45) is 0 Å². The molecule has 0 saturated heterocycles. The van der Waals surface area contributed by atoms with Crippen LogP contribution in [0.5, 0.6) is 5.75 Å². The summed E-state index contributed by atoms with van der Waals surface area (Å²) in [7, 11) is 4.16. The van der Waals surface area contributed by atoms with E-state index in [9.17, 15) is 0 Å². The average molecular weight is 296 g/mol. The van der Waals surface area contributed by atoms with E-state index < -0.39 is 0 Å². The van der Waals surface area contributed by atoms with Crippen LogP contribution in [0.3, 0.4) is 0 Å². The second-order valence-corrected chi connectivity index (χ2v) is 6.41. The van der Waals surface area contributed by atoms with Crippen molar-refractivity contribution in [3.63, 3.8) is 0 Å². The topological polar surface area (TPSA) is 14.5 Å². The van der Waals surface area contributed by atoms with Gasteiger partial charge < -0.3 is 4.90 Å². The monoisotopic (exact) mass is 296 g/mol. The van der Waals surface area contributed by atoms with E-state index in [-0.39, 0.29) is 0 Å². The third-order valence-electron chi connectivity index (χ3n) is 3.83. The molecule has 1 aromatic carbocycles. The largest absolute Gasteiger partial charge is 0.358 e. The van der Waals surface area contributed by atoms with E-state index in [4.69, 9.17) is 4.42 Å². The quantitative estimate of drug-likeness (QED) is 0.748. The minimum absolute atomic E-state index is 0.862. The van der Waals surface area contributed by atoms with Crippen molar-refractivity contribution in [3.05, 3.63) is 64.3 Å². The average Bonchev–Trinajstić information content (AvgIpc) is 2.44.